The summed E-state index contributed by atoms with van der Waals surface area (Å²) in [6.45, 7) is 5.20. The summed E-state index contributed by atoms with van der Waals surface area (Å²) >= 11 is 0. The lowest BCUT2D eigenvalue weighted by Gasteiger charge is -2.22. The van der Waals surface area contributed by atoms with Crippen LogP contribution >= 0.6 is 0 Å². The van der Waals surface area contributed by atoms with Gasteiger partial charge in [0, 0.05) is 6.54 Å². The Labute approximate surface area is 168 Å². The molecule has 1 amide bonds. The molecule has 1 atom stereocenters. The van der Waals surface area contributed by atoms with Crippen molar-refractivity contribution in [1.82, 2.24) is 10.0 Å². The largest absolute Gasteiger partial charge is 0.416 e. The van der Waals surface area contributed by atoms with Gasteiger partial charge in [-0.3, -0.25) is 4.79 Å². The maximum absolute atomic E-state index is 12.6. The van der Waals surface area contributed by atoms with Gasteiger partial charge < -0.3 is 5.32 Å². The van der Waals surface area contributed by atoms with Crippen molar-refractivity contribution in [1.29, 1.82) is 0 Å². The van der Waals surface area contributed by atoms with Crippen molar-refractivity contribution >= 4 is 15.9 Å². The fourth-order valence-electron chi connectivity index (χ4n) is 2.56. The molecule has 0 radical (unpaired) electrons. The third kappa shape index (κ3) is 6.30. The number of benzene rings is 2. The van der Waals surface area contributed by atoms with Crippen LogP contribution in [0.15, 0.2) is 53.4 Å². The van der Waals surface area contributed by atoms with Crippen LogP contribution in [-0.2, 0) is 27.5 Å². The monoisotopic (exact) mass is 428 g/mol. The summed E-state index contributed by atoms with van der Waals surface area (Å²) in [5, 5.41) is 2.57. The lowest BCUT2D eigenvalue weighted by molar-refractivity contribution is -0.137. The molecule has 9 heteroatoms. The number of rotatable bonds is 7. The van der Waals surface area contributed by atoms with Crippen molar-refractivity contribution in [3.8, 4) is 0 Å². The zero-order valence-electron chi connectivity index (χ0n) is 16.2. The molecule has 0 heterocycles. The summed E-state index contributed by atoms with van der Waals surface area (Å²) in [6, 6.07) is 9.59. The fourth-order valence-corrected chi connectivity index (χ4v) is 3.90. The Hall–Kier alpha value is -2.39. The van der Waals surface area contributed by atoms with Gasteiger partial charge in [0.1, 0.15) is 6.04 Å². The van der Waals surface area contributed by atoms with E-state index in [9.17, 15) is 26.4 Å². The average molecular weight is 428 g/mol. The molecular formula is C20H23F3N2O3S. The van der Waals surface area contributed by atoms with Crippen molar-refractivity contribution in [3.05, 3.63) is 65.2 Å². The number of aryl methyl sites for hydroxylation is 1. The van der Waals surface area contributed by atoms with Crippen LogP contribution in [0.5, 0.6) is 0 Å². The number of nitrogens with one attached hydrogen (secondary N) is 2. The number of carbonyl (C=O) groups excluding carboxylic acids is 1. The Morgan fingerprint density at radius 2 is 1.55 bits per heavy atom. The highest BCUT2D eigenvalue weighted by Gasteiger charge is 2.30. The highest BCUT2D eigenvalue weighted by atomic mass is 32.2. The molecular weight excluding hydrogens is 405 g/mol. The average Bonchev–Trinajstić information content (AvgIpc) is 2.64. The third-order valence-electron chi connectivity index (χ3n) is 4.31. The fraction of sp³-hybridized carbons (Fsp3) is 0.350. The van der Waals surface area contributed by atoms with Gasteiger partial charge in [-0.25, -0.2) is 8.42 Å². The van der Waals surface area contributed by atoms with Gasteiger partial charge in [0.05, 0.1) is 10.5 Å². The van der Waals surface area contributed by atoms with Crippen molar-refractivity contribution in [3.63, 3.8) is 0 Å². The summed E-state index contributed by atoms with van der Waals surface area (Å²) in [5.74, 6) is -0.904. The van der Waals surface area contributed by atoms with Gasteiger partial charge in [0.15, 0.2) is 0 Å². The molecule has 29 heavy (non-hydrogen) atoms. The highest BCUT2D eigenvalue weighted by molar-refractivity contribution is 7.89. The van der Waals surface area contributed by atoms with E-state index >= 15 is 0 Å². The highest BCUT2D eigenvalue weighted by Crippen LogP contribution is 2.29. The van der Waals surface area contributed by atoms with Crippen molar-refractivity contribution in [2.75, 3.05) is 0 Å². The molecule has 0 unspecified atom stereocenters. The van der Waals surface area contributed by atoms with E-state index in [1.807, 2.05) is 6.92 Å². The quantitative estimate of drug-likeness (QED) is 0.707. The van der Waals surface area contributed by atoms with Crippen LogP contribution in [0.3, 0.4) is 0 Å². The van der Waals surface area contributed by atoms with Gasteiger partial charge >= 0.3 is 6.18 Å². The summed E-state index contributed by atoms with van der Waals surface area (Å²) in [5.41, 5.74) is 0.590. The summed E-state index contributed by atoms with van der Waals surface area (Å²) < 4.78 is 65.4. The number of alkyl halides is 3. The number of hydrogen-bond acceptors (Lipinski definition) is 3. The number of amides is 1. The van der Waals surface area contributed by atoms with Crippen LogP contribution in [0, 0.1) is 12.8 Å². The second-order valence-corrected chi connectivity index (χ2v) is 8.78. The SMILES string of the molecule is Cc1ccc(S(=O)(=O)N[C@H](C(=O)NCc2ccc(C(F)(F)F)cc2)C(C)C)cc1. The molecule has 0 aliphatic rings. The van der Waals surface area contributed by atoms with Crippen LogP contribution in [-0.4, -0.2) is 20.4 Å². The lowest BCUT2D eigenvalue weighted by atomic mass is 10.0. The smallest absolute Gasteiger partial charge is 0.351 e. The summed E-state index contributed by atoms with van der Waals surface area (Å²) in [6.07, 6.45) is -4.43. The summed E-state index contributed by atoms with van der Waals surface area (Å²) in [4.78, 5) is 12.6. The molecule has 0 aliphatic carbocycles. The predicted octanol–water partition coefficient (Wildman–Crippen LogP) is 3.63. The van der Waals surface area contributed by atoms with E-state index in [0.29, 0.717) is 5.56 Å². The number of halogens is 3. The Morgan fingerprint density at radius 1 is 1.00 bits per heavy atom. The van der Waals surface area contributed by atoms with Crippen LogP contribution in [0.4, 0.5) is 13.2 Å². The lowest BCUT2D eigenvalue weighted by Crippen LogP contribution is -2.49. The van der Waals surface area contributed by atoms with Gasteiger partial charge in [0.25, 0.3) is 0 Å². The van der Waals surface area contributed by atoms with Gasteiger partial charge in [-0.2, -0.15) is 17.9 Å². The Balaban J connectivity index is 2.06. The predicted molar refractivity (Wildman–Crippen MR) is 103 cm³/mol. The minimum Gasteiger partial charge on any atom is -0.351 e. The van der Waals surface area contributed by atoms with Crippen LogP contribution in [0.25, 0.3) is 0 Å². The minimum absolute atomic E-state index is 0.0214. The molecule has 0 aromatic heterocycles. The van der Waals surface area contributed by atoms with E-state index in [0.717, 1.165) is 17.7 Å². The Bertz CT molecular complexity index is 938. The van der Waals surface area contributed by atoms with Crippen molar-refractivity contribution < 1.29 is 26.4 Å². The van der Waals surface area contributed by atoms with E-state index in [1.165, 1.54) is 24.3 Å². The Kier molecular flexibility index (Phi) is 7.07. The van der Waals surface area contributed by atoms with Gasteiger partial charge in [-0.15, -0.1) is 0 Å². The third-order valence-corrected chi connectivity index (χ3v) is 5.77. The summed E-state index contributed by atoms with van der Waals surface area (Å²) in [7, 11) is -3.91. The van der Waals surface area contributed by atoms with Crippen LogP contribution < -0.4 is 10.0 Å². The van der Waals surface area contributed by atoms with E-state index in [4.69, 9.17) is 0 Å². The molecule has 5 nitrogen and oxygen atoms in total. The standard InChI is InChI=1S/C20H23F3N2O3S/c1-13(2)18(25-29(27,28)17-10-4-14(3)5-11-17)19(26)24-12-15-6-8-16(9-7-15)20(21,22)23/h4-11,13,18,25H,12H2,1-3H3,(H,24,26)/t18-/m0/s1. The zero-order valence-corrected chi connectivity index (χ0v) is 17.1. The van der Waals surface area contributed by atoms with E-state index in [2.05, 4.69) is 10.0 Å². The second kappa shape index (κ2) is 8.96. The Morgan fingerprint density at radius 3 is 2.03 bits per heavy atom. The normalized spacial score (nSPS) is 13.3. The number of carbonyl (C=O) groups is 1. The van der Waals surface area contributed by atoms with E-state index < -0.39 is 33.7 Å². The molecule has 2 N–H and O–H groups in total. The number of hydrogen-bond donors (Lipinski definition) is 2. The van der Waals surface area contributed by atoms with Crippen LogP contribution in [0.2, 0.25) is 0 Å². The van der Waals surface area contributed by atoms with E-state index in [1.54, 1.807) is 26.0 Å². The zero-order chi connectivity index (χ0) is 21.8. The van der Waals surface area contributed by atoms with Crippen LogP contribution in [0.1, 0.15) is 30.5 Å². The van der Waals surface area contributed by atoms with Crippen molar-refractivity contribution in [2.24, 2.45) is 5.92 Å². The molecule has 2 aromatic rings. The first-order chi connectivity index (χ1) is 13.4. The molecule has 158 valence electrons. The van der Waals surface area contributed by atoms with E-state index in [-0.39, 0.29) is 17.4 Å². The number of sulfonamides is 1. The molecule has 2 aromatic carbocycles. The molecule has 0 saturated carbocycles. The molecule has 0 aliphatic heterocycles. The molecule has 0 saturated heterocycles. The molecule has 0 fully saturated rings. The topological polar surface area (TPSA) is 75.3 Å². The molecule has 0 spiro atoms. The minimum atomic E-state index is -4.43. The first kappa shape index (κ1) is 22.9. The molecule has 2 rings (SSSR count). The first-order valence-electron chi connectivity index (χ1n) is 8.93. The van der Waals surface area contributed by atoms with Gasteiger partial charge in [-0.05, 0) is 42.7 Å². The first-order valence-corrected chi connectivity index (χ1v) is 10.4. The second-order valence-electron chi connectivity index (χ2n) is 7.07. The molecule has 0 bridgehead atoms. The van der Waals surface area contributed by atoms with Gasteiger partial charge in [0.2, 0.25) is 15.9 Å². The maximum Gasteiger partial charge on any atom is 0.416 e. The maximum atomic E-state index is 12.6. The van der Waals surface area contributed by atoms with Gasteiger partial charge in [-0.1, -0.05) is 43.7 Å². The van der Waals surface area contributed by atoms with Crippen molar-refractivity contribution in [2.45, 2.75) is 44.4 Å².